The fourth-order valence-electron chi connectivity index (χ4n) is 3.78. The second-order valence-electron chi connectivity index (χ2n) is 7.46. The SMILES string of the molecule is COc1ccc(C(=O)NCCN2CCN(c3nc4c(OC)cccc4s3)CC2)cc1OC. The van der Waals surface area contributed by atoms with Gasteiger partial charge in [0.05, 0.1) is 26.0 Å². The molecule has 2 heterocycles. The highest BCUT2D eigenvalue weighted by Crippen LogP contribution is 2.34. The van der Waals surface area contributed by atoms with Crippen LogP contribution in [-0.4, -0.2) is 76.4 Å². The standard InChI is InChI=1S/C23H28N4O4S/c1-29-17-8-7-16(15-19(17)31-3)22(28)24-9-10-26-11-13-27(14-12-26)23-25-21-18(30-2)5-4-6-20(21)32-23/h4-8,15H,9-14H2,1-3H3,(H,24,28). The van der Waals surface area contributed by atoms with Gasteiger partial charge in [-0.2, -0.15) is 0 Å². The van der Waals surface area contributed by atoms with Gasteiger partial charge >= 0.3 is 0 Å². The lowest BCUT2D eigenvalue weighted by molar-refractivity contribution is 0.0947. The van der Waals surface area contributed by atoms with Crippen molar-refractivity contribution in [3.8, 4) is 17.2 Å². The van der Waals surface area contributed by atoms with Crippen molar-refractivity contribution in [2.75, 3.05) is 65.5 Å². The van der Waals surface area contributed by atoms with Crippen LogP contribution in [0.1, 0.15) is 10.4 Å². The third kappa shape index (κ3) is 4.73. The van der Waals surface area contributed by atoms with Crippen molar-refractivity contribution in [2.24, 2.45) is 0 Å². The summed E-state index contributed by atoms with van der Waals surface area (Å²) in [7, 11) is 4.81. The maximum absolute atomic E-state index is 12.5. The van der Waals surface area contributed by atoms with Crippen molar-refractivity contribution in [2.45, 2.75) is 0 Å². The van der Waals surface area contributed by atoms with Crippen LogP contribution in [0.25, 0.3) is 10.2 Å². The second-order valence-corrected chi connectivity index (χ2v) is 8.47. The molecule has 1 aliphatic heterocycles. The Kier molecular flexibility index (Phi) is 6.96. The van der Waals surface area contributed by atoms with Crippen LogP contribution in [0, 0.1) is 0 Å². The zero-order valence-electron chi connectivity index (χ0n) is 18.6. The molecular formula is C23H28N4O4S. The van der Waals surface area contributed by atoms with E-state index in [1.807, 2.05) is 12.1 Å². The molecule has 0 saturated carbocycles. The predicted molar refractivity (Wildman–Crippen MR) is 127 cm³/mol. The monoisotopic (exact) mass is 456 g/mol. The number of ether oxygens (including phenoxy) is 3. The average Bonchev–Trinajstić information content (AvgIpc) is 3.28. The number of hydrogen-bond acceptors (Lipinski definition) is 8. The van der Waals surface area contributed by atoms with E-state index in [0.29, 0.717) is 23.6 Å². The first kappa shape index (κ1) is 22.2. The Bertz CT molecular complexity index is 1080. The normalized spacial score (nSPS) is 14.4. The molecule has 8 nitrogen and oxygen atoms in total. The third-order valence-corrected chi connectivity index (χ3v) is 6.67. The van der Waals surface area contributed by atoms with Crippen molar-refractivity contribution in [3.63, 3.8) is 0 Å². The van der Waals surface area contributed by atoms with E-state index in [-0.39, 0.29) is 5.91 Å². The number of aromatic nitrogens is 1. The zero-order valence-corrected chi connectivity index (χ0v) is 19.4. The number of carbonyl (C=O) groups is 1. The molecule has 0 bridgehead atoms. The number of benzene rings is 2. The Labute approximate surface area is 191 Å². The van der Waals surface area contributed by atoms with E-state index in [1.165, 1.54) is 0 Å². The molecule has 2 aromatic carbocycles. The van der Waals surface area contributed by atoms with Crippen molar-refractivity contribution >= 4 is 32.6 Å². The Morgan fingerprint density at radius 3 is 2.47 bits per heavy atom. The number of carbonyl (C=O) groups excluding carboxylic acids is 1. The number of amides is 1. The smallest absolute Gasteiger partial charge is 0.251 e. The minimum atomic E-state index is -0.118. The summed E-state index contributed by atoms with van der Waals surface area (Å²) in [5.74, 6) is 1.85. The number of hydrogen-bond donors (Lipinski definition) is 1. The van der Waals surface area contributed by atoms with Crippen LogP contribution in [0.2, 0.25) is 0 Å². The van der Waals surface area contributed by atoms with E-state index >= 15 is 0 Å². The zero-order chi connectivity index (χ0) is 22.5. The van der Waals surface area contributed by atoms with Gasteiger partial charge in [-0.1, -0.05) is 17.4 Å². The lowest BCUT2D eigenvalue weighted by Gasteiger charge is -2.34. The molecule has 32 heavy (non-hydrogen) atoms. The Balaban J connectivity index is 1.26. The first-order chi connectivity index (χ1) is 15.6. The van der Waals surface area contributed by atoms with Crippen molar-refractivity contribution in [3.05, 3.63) is 42.0 Å². The van der Waals surface area contributed by atoms with Crippen LogP contribution >= 0.6 is 11.3 Å². The molecule has 3 aromatic rings. The summed E-state index contributed by atoms with van der Waals surface area (Å²) in [4.78, 5) is 22.0. The van der Waals surface area contributed by atoms with Gasteiger partial charge in [-0.25, -0.2) is 4.98 Å². The van der Waals surface area contributed by atoms with Crippen LogP contribution in [0.15, 0.2) is 36.4 Å². The lowest BCUT2D eigenvalue weighted by atomic mass is 10.2. The van der Waals surface area contributed by atoms with E-state index in [9.17, 15) is 4.79 Å². The van der Waals surface area contributed by atoms with Gasteiger partial charge in [-0.15, -0.1) is 0 Å². The number of methoxy groups -OCH3 is 3. The van der Waals surface area contributed by atoms with Gasteiger partial charge in [0.15, 0.2) is 16.6 Å². The molecule has 4 rings (SSSR count). The topological polar surface area (TPSA) is 76.2 Å². The van der Waals surface area contributed by atoms with Gasteiger partial charge in [0.1, 0.15) is 11.3 Å². The number of para-hydroxylation sites is 1. The van der Waals surface area contributed by atoms with Crippen LogP contribution < -0.4 is 24.4 Å². The number of nitrogens with one attached hydrogen (secondary N) is 1. The molecule has 1 aromatic heterocycles. The first-order valence-electron chi connectivity index (χ1n) is 10.5. The maximum Gasteiger partial charge on any atom is 0.251 e. The predicted octanol–water partition coefficient (Wildman–Crippen LogP) is 2.87. The van der Waals surface area contributed by atoms with Gasteiger partial charge in [0.25, 0.3) is 5.91 Å². The molecule has 1 fully saturated rings. The van der Waals surface area contributed by atoms with Gasteiger partial charge in [0.2, 0.25) is 0 Å². The van der Waals surface area contributed by atoms with Crippen LogP contribution in [-0.2, 0) is 0 Å². The summed E-state index contributed by atoms with van der Waals surface area (Å²) in [6.45, 7) is 5.07. The number of thiazole rings is 1. The number of piperazine rings is 1. The molecule has 170 valence electrons. The maximum atomic E-state index is 12.5. The third-order valence-electron chi connectivity index (χ3n) is 5.59. The summed E-state index contributed by atoms with van der Waals surface area (Å²) in [6, 6.07) is 11.2. The molecule has 0 unspecified atom stereocenters. The van der Waals surface area contributed by atoms with Gasteiger partial charge in [0, 0.05) is 44.8 Å². The highest BCUT2D eigenvalue weighted by molar-refractivity contribution is 7.22. The lowest BCUT2D eigenvalue weighted by Crippen LogP contribution is -2.48. The molecule has 0 aliphatic carbocycles. The largest absolute Gasteiger partial charge is 0.494 e. The molecule has 1 aliphatic rings. The van der Waals surface area contributed by atoms with Crippen molar-refractivity contribution in [1.82, 2.24) is 15.2 Å². The summed E-state index contributed by atoms with van der Waals surface area (Å²) in [5.41, 5.74) is 1.48. The Hall–Kier alpha value is -3.04. The number of rotatable bonds is 8. The minimum Gasteiger partial charge on any atom is -0.494 e. The fraction of sp³-hybridized carbons (Fsp3) is 0.391. The molecular weight excluding hydrogens is 428 g/mol. The van der Waals surface area contributed by atoms with Crippen LogP contribution in [0.5, 0.6) is 17.2 Å². The van der Waals surface area contributed by atoms with E-state index in [2.05, 4.69) is 21.2 Å². The second kappa shape index (κ2) is 10.1. The minimum absolute atomic E-state index is 0.118. The molecule has 1 N–H and O–H groups in total. The van der Waals surface area contributed by atoms with Crippen LogP contribution in [0.4, 0.5) is 5.13 Å². The Morgan fingerprint density at radius 1 is 1.00 bits per heavy atom. The summed E-state index contributed by atoms with van der Waals surface area (Å²) >= 11 is 1.70. The summed E-state index contributed by atoms with van der Waals surface area (Å²) in [5, 5.41) is 4.03. The van der Waals surface area contributed by atoms with Crippen molar-refractivity contribution < 1.29 is 19.0 Å². The van der Waals surface area contributed by atoms with Gasteiger partial charge in [-0.05, 0) is 30.3 Å². The van der Waals surface area contributed by atoms with Crippen molar-refractivity contribution in [1.29, 1.82) is 0 Å². The van der Waals surface area contributed by atoms with Gasteiger partial charge in [-0.3, -0.25) is 9.69 Å². The highest BCUT2D eigenvalue weighted by Gasteiger charge is 2.21. The van der Waals surface area contributed by atoms with E-state index < -0.39 is 0 Å². The average molecular weight is 457 g/mol. The fourth-order valence-corrected chi connectivity index (χ4v) is 4.82. The molecule has 0 spiro atoms. The molecule has 9 heteroatoms. The molecule has 0 atom stereocenters. The number of anilines is 1. The molecule has 0 radical (unpaired) electrons. The van der Waals surface area contributed by atoms with E-state index in [0.717, 1.165) is 53.8 Å². The summed E-state index contributed by atoms with van der Waals surface area (Å²) in [6.07, 6.45) is 0. The number of nitrogens with zero attached hydrogens (tertiary/aromatic N) is 3. The quantitative estimate of drug-likeness (QED) is 0.559. The Morgan fingerprint density at radius 2 is 1.75 bits per heavy atom. The highest BCUT2D eigenvalue weighted by atomic mass is 32.1. The van der Waals surface area contributed by atoms with E-state index in [4.69, 9.17) is 19.2 Å². The first-order valence-corrected chi connectivity index (χ1v) is 11.4. The van der Waals surface area contributed by atoms with Crippen LogP contribution in [0.3, 0.4) is 0 Å². The number of fused-ring (bicyclic) bond motifs is 1. The molecule has 1 amide bonds. The summed E-state index contributed by atoms with van der Waals surface area (Å²) < 4.78 is 17.1. The molecule has 1 saturated heterocycles. The van der Waals surface area contributed by atoms with Gasteiger partial charge < -0.3 is 24.4 Å². The van der Waals surface area contributed by atoms with E-state index in [1.54, 1.807) is 50.9 Å².